The van der Waals surface area contributed by atoms with E-state index in [2.05, 4.69) is 10.2 Å². The fourth-order valence-corrected chi connectivity index (χ4v) is 2.06. The Bertz CT molecular complexity index is 345. The highest BCUT2D eigenvalue weighted by Gasteiger charge is 2.09. The first-order chi connectivity index (χ1) is 7.75. The summed E-state index contributed by atoms with van der Waals surface area (Å²) in [6.07, 6.45) is 0.983. The van der Waals surface area contributed by atoms with Crippen LogP contribution in [0.2, 0.25) is 0 Å². The number of hydrogen-bond donors (Lipinski definition) is 3. The predicted octanol–water partition coefficient (Wildman–Crippen LogP) is 0.299. The highest BCUT2D eigenvalue weighted by molar-refractivity contribution is 5.55. The highest BCUT2D eigenvalue weighted by atomic mass is 15.2. The second-order valence-corrected chi connectivity index (χ2v) is 4.30. The summed E-state index contributed by atoms with van der Waals surface area (Å²) in [6.45, 7) is 5.50. The van der Waals surface area contributed by atoms with E-state index in [1.165, 1.54) is 5.56 Å². The van der Waals surface area contributed by atoms with Gasteiger partial charge in [0, 0.05) is 44.1 Å². The van der Waals surface area contributed by atoms with Crippen LogP contribution < -0.4 is 16.8 Å². The molecule has 1 aromatic carbocycles. The summed E-state index contributed by atoms with van der Waals surface area (Å²) in [5.74, 6) is 0. The lowest BCUT2D eigenvalue weighted by Gasteiger charge is -2.27. The van der Waals surface area contributed by atoms with Crippen LogP contribution in [0.25, 0.3) is 0 Å². The van der Waals surface area contributed by atoms with E-state index >= 15 is 0 Å². The Hall–Kier alpha value is -1.26. The minimum Gasteiger partial charge on any atom is -0.399 e. The van der Waals surface area contributed by atoms with Crippen molar-refractivity contribution in [1.82, 2.24) is 10.2 Å². The number of nitrogens with one attached hydrogen (secondary N) is 1. The maximum absolute atomic E-state index is 5.92. The number of nitrogen functional groups attached to an aromatic ring is 2. The highest BCUT2D eigenvalue weighted by Crippen LogP contribution is 2.16. The van der Waals surface area contributed by atoms with Crippen molar-refractivity contribution in [2.75, 3.05) is 44.2 Å². The molecule has 0 saturated carbocycles. The molecule has 0 amide bonds. The van der Waals surface area contributed by atoms with Crippen LogP contribution in [-0.2, 0) is 6.42 Å². The molecule has 0 atom stereocenters. The average Bonchev–Trinajstić information content (AvgIpc) is 2.32. The lowest BCUT2D eigenvalue weighted by molar-refractivity contribution is 0.244. The molecular weight excluding hydrogens is 200 g/mol. The molecule has 1 aromatic rings. The molecule has 1 aliphatic heterocycles. The van der Waals surface area contributed by atoms with E-state index in [0.717, 1.165) is 50.5 Å². The predicted molar refractivity (Wildman–Crippen MR) is 68.3 cm³/mol. The Morgan fingerprint density at radius 3 is 2.69 bits per heavy atom. The minimum atomic E-state index is 0.796. The van der Waals surface area contributed by atoms with Crippen LogP contribution in [-0.4, -0.2) is 37.6 Å². The van der Waals surface area contributed by atoms with Crippen LogP contribution in [0.4, 0.5) is 11.4 Å². The molecule has 0 unspecified atom stereocenters. The van der Waals surface area contributed by atoms with Gasteiger partial charge in [-0.15, -0.1) is 0 Å². The van der Waals surface area contributed by atoms with Crippen molar-refractivity contribution >= 4 is 11.4 Å². The first-order valence-corrected chi connectivity index (χ1v) is 5.82. The molecule has 1 aliphatic rings. The van der Waals surface area contributed by atoms with Gasteiger partial charge in [0.25, 0.3) is 0 Å². The summed E-state index contributed by atoms with van der Waals surface area (Å²) in [6, 6.07) is 5.73. The van der Waals surface area contributed by atoms with Gasteiger partial charge in [0.15, 0.2) is 0 Å². The van der Waals surface area contributed by atoms with Gasteiger partial charge in [-0.05, 0) is 30.2 Å². The normalized spacial score (nSPS) is 17.5. The standard InChI is InChI=1S/C12H20N4/c13-11-1-2-12(14)10(9-11)3-6-16-7-4-15-5-8-16/h1-2,9,15H,3-8,13-14H2. The van der Waals surface area contributed by atoms with Crippen molar-refractivity contribution in [1.29, 1.82) is 0 Å². The molecular formula is C12H20N4. The van der Waals surface area contributed by atoms with E-state index in [4.69, 9.17) is 11.5 Å². The number of anilines is 2. The Balaban J connectivity index is 1.90. The maximum atomic E-state index is 5.92. The van der Waals surface area contributed by atoms with Gasteiger partial charge in [-0.1, -0.05) is 0 Å². The molecule has 0 bridgehead atoms. The number of benzene rings is 1. The molecule has 2 rings (SSSR count). The third-order valence-electron chi connectivity index (χ3n) is 3.07. The molecule has 1 fully saturated rings. The van der Waals surface area contributed by atoms with Gasteiger partial charge in [0.2, 0.25) is 0 Å². The molecule has 0 spiro atoms. The molecule has 0 radical (unpaired) electrons. The largest absolute Gasteiger partial charge is 0.399 e. The second-order valence-electron chi connectivity index (χ2n) is 4.30. The van der Waals surface area contributed by atoms with Crippen molar-refractivity contribution in [2.24, 2.45) is 0 Å². The van der Waals surface area contributed by atoms with E-state index < -0.39 is 0 Å². The van der Waals surface area contributed by atoms with E-state index in [-0.39, 0.29) is 0 Å². The number of piperazine rings is 1. The first-order valence-electron chi connectivity index (χ1n) is 5.82. The van der Waals surface area contributed by atoms with Crippen molar-refractivity contribution in [2.45, 2.75) is 6.42 Å². The van der Waals surface area contributed by atoms with Gasteiger partial charge in [0.1, 0.15) is 0 Å². The maximum Gasteiger partial charge on any atom is 0.0348 e. The van der Waals surface area contributed by atoms with Crippen LogP contribution in [0.1, 0.15) is 5.56 Å². The first kappa shape index (κ1) is 11.2. The molecule has 4 heteroatoms. The third-order valence-corrected chi connectivity index (χ3v) is 3.07. The van der Waals surface area contributed by atoms with Gasteiger partial charge in [-0.3, -0.25) is 0 Å². The molecule has 1 heterocycles. The second kappa shape index (κ2) is 5.18. The zero-order valence-electron chi connectivity index (χ0n) is 9.58. The lowest BCUT2D eigenvalue weighted by Crippen LogP contribution is -2.44. The Morgan fingerprint density at radius 1 is 1.19 bits per heavy atom. The minimum absolute atomic E-state index is 0.796. The van der Waals surface area contributed by atoms with E-state index in [0.29, 0.717) is 0 Å². The van der Waals surface area contributed by atoms with Crippen LogP contribution in [0, 0.1) is 0 Å². The molecule has 5 N–H and O–H groups in total. The average molecular weight is 220 g/mol. The number of hydrogen-bond acceptors (Lipinski definition) is 4. The fourth-order valence-electron chi connectivity index (χ4n) is 2.06. The SMILES string of the molecule is Nc1ccc(N)c(CCN2CCNCC2)c1. The zero-order valence-corrected chi connectivity index (χ0v) is 9.58. The number of nitrogens with two attached hydrogens (primary N) is 2. The van der Waals surface area contributed by atoms with Crippen LogP contribution in [0.15, 0.2) is 18.2 Å². The Kier molecular flexibility index (Phi) is 3.64. The molecule has 0 aromatic heterocycles. The van der Waals surface area contributed by atoms with Gasteiger partial charge in [-0.25, -0.2) is 0 Å². The van der Waals surface area contributed by atoms with Crippen LogP contribution in [0.5, 0.6) is 0 Å². The molecule has 88 valence electrons. The van der Waals surface area contributed by atoms with Crippen molar-refractivity contribution in [3.8, 4) is 0 Å². The van der Waals surface area contributed by atoms with Gasteiger partial charge in [-0.2, -0.15) is 0 Å². The lowest BCUT2D eigenvalue weighted by atomic mass is 10.1. The topological polar surface area (TPSA) is 67.3 Å². The van der Waals surface area contributed by atoms with Crippen molar-refractivity contribution in [3.63, 3.8) is 0 Å². The zero-order chi connectivity index (χ0) is 11.4. The molecule has 1 saturated heterocycles. The Morgan fingerprint density at radius 2 is 1.94 bits per heavy atom. The van der Waals surface area contributed by atoms with Crippen LogP contribution in [0.3, 0.4) is 0 Å². The summed E-state index contributed by atoms with van der Waals surface area (Å²) in [5.41, 5.74) is 14.5. The summed E-state index contributed by atoms with van der Waals surface area (Å²) < 4.78 is 0. The van der Waals surface area contributed by atoms with E-state index in [1.54, 1.807) is 0 Å². The van der Waals surface area contributed by atoms with Crippen molar-refractivity contribution in [3.05, 3.63) is 23.8 Å². The fraction of sp³-hybridized carbons (Fsp3) is 0.500. The van der Waals surface area contributed by atoms with Crippen LogP contribution >= 0.6 is 0 Å². The van der Waals surface area contributed by atoms with E-state index in [9.17, 15) is 0 Å². The number of nitrogens with zero attached hydrogens (tertiary/aromatic N) is 1. The van der Waals surface area contributed by atoms with Gasteiger partial charge >= 0.3 is 0 Å². The number of rotatable bonds is 3. The van der Waals surface area contributed by atoms with E-state index in [1.807, 2.05) is 18.2 Å². The van der Waals surface area contributed by atoms with Gasteiger partial charge in [0.05, 0.1) is 0 Å². The summed E-state index contributed by atoms with van der Waals surface area (Å²) in [5, 5.41) is 3.35. The molecule has 0 aliphatic carbocycles. The van der Waals surface area contributed by atoms with Crippen molar-refractivity contribution < 1.29 is 0 Å². The summed E-state index contributed by atoms with van der Waals surface area (Å²) in [4.78, 5) is 2.46. The smallest absolute Gasteiger partial charge is 0.0348 e. The summed E-state index contributed by atoms with van der Waals surface area (Å²) in [7, 11) is 0. The van der Waals surface area contributed by atoms with Gasteiger partial charge < -0.3 is 21.7 Å². The monoisotopic (exact) mass is 220 g/mol. The summed E-state index contributed by atoms with van der Waals surface area (Å²) >= 11 is 0. The molecule has 4 nitrogen and oxygen atoms in total. The Labute approximate surface area is 96.6 Å². The quantitative estimate of drug-likeness (QED) is 0.641. The third kappa shape index (κ3) is 2.87. The molecule has 16 heavy (non-hydrogen) atoms.